The molecule has 30 heavy (non-hydrogen) atoms. The first-order valence-electron chi connectivity index (χ1n) is 9.81. The van der Waals surface area contributed by atoms with E-state index in [2.05, 4.69) is 10.0 Å². The number of hydrogen-bond acceptors (Lipinski definition) is 6. The number of nitrogens with one attached hydrogen (secondary N) is 2. The zero-order valence-electron chi connectivity index (χ0n) is 17.4. The normalized spacial score (nSPS) is 17.9. The molecule has 1 aliphatic heterocycles. The molecule has 4 N–H and O–H groups in total. The van der Waals surface area contributed by atoms with Gasteiger partial charge < -0.3 is 16.0 Å². The van der Waals surface area contributed by atoms with Crippen LogP contribution >= 0.6 is 11.8 Å². The lowest BCUT2D eigenvalue weighted by atomic mass is 10.1. The minimum absolute atomic E-state index is 0.160. The summed E-state index contributed by atoms with van der Waals surface area (Å²) in [5.41, 5.74) is 6.23. The number of nitrogens with two attached hydrogens (primary N) is 1. The van der Waals surface area contributed by atoms with Crippen molar-refractivity contribution in [2.45, 2.75) is 24.9 Å². The van der Waals surface area contributed by atoms with Gasteiger partial charge in [0, 0.05) is 26.2 Å². The molecule has 1 saturated heterocycles. The lowest BCUT2D eigenvalue weighted by molar-refractivity contribution is -0.128. The minimum atomic E-state index is -3.87. The largest absolute Gasteiger partial charge is 0.368 e. The Morgan fingerprint density at radius 1 is 1.13 bits per heavy atom. The van der Waals surface area contributed by atoms with E-state index in [-0.39, 0.29) is 6.42 Å². The summed E-state index contributed by atoms with van der Waals surface area (Å²) < 4.78 is 29.7. The van der Waals surface area contributed by atoms with Gasteiger partial charge in [-0.25, -0.2) is 0 Å². The Labute approximate surface area is 182 Å². The summed E-state index contributed by atoms with van der Waals surface area (Å²) >= 11 is 1.53. The zero-order chi connectivity index (χ0) is 22.1. The van der Waals surface area contributed by atoms with E-state index < -0.39 is 34.1 Å². The van der Waals surface area contributed by atoms with Gasteiger partial charge in [0.25, 0.3) is 10.2 Å². The second-order valence-corrected chi connectivity index (χ2v) is 10.0. The number of benzene rings is 1. The highest BCUT2D eigenvalue weighted by molar-refractivity contribution is 7.98. The topological polar surface area (TPSA) is 125 Å². The molecule has 0 spiro atoms. The van der Waals surface area contributed by atoms with Gasteiger partial charge in [0.15, 0.2) is 0 Å². The van der Waals surface area contributed by atoms with Crippen molar-refractivity contribution in [3.8, 4) is 0 Å². The Bertz CT molecular complexity index is 798. The SMILES string of the molecule is CSCC[C@H](NC(=O)[C@H](Cc1ccccc1)NS(=O)(=O)N1CCN(C)CC1)C(N)=O. The van der Waals surface area contributed by atoms with Crippen molar-refractivity contribution in [2.75, 3.05) is 45.2 Å². The van der Waals surface area contributed by atoms with Crippen molar-refractivity contribution in [3.05, 3.63) is 35.9 Å². The third-order valence-corrected chi connectivity index (χ3v) is 7.23. The molecule has 2 amide bonds. The number of piperazine rings is 1. The number of rotatable bonds is 11. The van der Waals surface area contributed by atoms with Crippen LogP contribution in [0.5, 0.6) is 0 Å². The highest BCUT2D eigenvalue weighted by atomic mass is 32.2. The molecule has 1 aromatic carbocycles. The maximum atomic E-state index is 13.0. The van der Waals surface area contributed by atoms with Crippen LogP contribution in [0.1, 0.15) is 12.0 Å². The van der Waals surface area contributed by atoms with Crippen molar-refractivity contribution in [2.24, 2.45) is 5.73 Å². The van der Waals surface area contributed by atoms with Crippen LogP contribution in [-0.2, 0) is 26.2 Å². The first-order valence-corrected chi connectivity index (χ1v) is 12.6. The van der Waals surface area contributed by atoms with Crippen molar-refractivity contribution in [3.63, 3.8) is 0 Å². The van der Waals surface area contributed by atoms with Crippen LogP contribution in [0, 0.1) is 0 Å². The Hall–Kier alpha value is -1.66. The number of thioether (sulfide) groups is 1. The molecule has 9 nitrogen and oxygen atoms in total. The molecule has 0 aliphatic carbocycles. The van der Waals surface area contributed by atoms with E-state index in [0.717, 1.165) is 5.56 Å². The maximum absolute atomic E-state index is 13.0. The second-order valence-electron chi connectivity index (χ2n) is 7.31. The van der Waals surface area contributed by atoms with E-state index in [4.69, 9.17) is 5.73 Å². The Morgan fingerprint density at radius 2 is 1.77 bits per heavy atom. The fraction of sp³-hybridized carbons (Fsp3) is 0.579. The van der Waals surface area contributed by atoms with E-state index in [1.54, 1.807) is 0 Å². The summed E-state index contributed by atoms with van der Waals surface area (Å²) in [5.74, 6) is -0.566. The van der Waals surface area contributed by atoms with Gasteiger partial charge in [-0.1, -0.05) is 30.3 Å². The molecule has 1 aliphatic rings. The van der Waals surface area contributed by atoms with Crippen LogP contribution in [0.4, 0.5) is 0 Å². The van der Waals surface area contributed by atoms with Gasteiger partial charge in [0.2, 0.25) is 11.8 Å². The molecule has 0 radical (unpaired) electrons. The summed E-state index contributed by atoms with van der Waals surface area (Å²) in [5, 5.41) is 2.62. The van der Waals surface area contributed by atoms with E-state index in [9.17, 15) is 18.0 Å². The summed E-state index contributed by atoms with van der Waals surface area (Å²) in [6.07, 6.45) is 2.43. The quantitative estimate of drug-likeness (QED) is 0.408. The fourth-order valence-corrected chi connectivity index (χ4v) is 4.93. The molecule has 0 aromatic heterocycles. The number of primary amides is 1. The Kier molecular flexibility index (Phi) is 9.56. The first kappa shape index (κ1) is 24.6. The van der Waals surface area contributed by atoms with Crippen molar-refractivity contribution in [1.82, 2.24) is 19.2 Å². The van der Waals surface area contributed by atoms with Crippen LogP contribution in [0.3, 0.4) is 0 Å². The molecule has 0 unspecified atom stereocenters. The monoisotopic (exact) mass is 457 g/mol. The zero-order valence-corrected chi connectivity index (χ0v) is 19.0. The number of hydrogen-bond donors (Lipinski definition) is 3. The molecule has 0 bridgehead atoms. The molecule has 1 fully saturated rings. The highest BCUT2D eigenvalue weighted by Gasteiger charge is 2.32. The van der Waals surface area contributed by atoms with Crippen molar-refractivity contribution >= 4 is 33.8 Å². The third kappa shape index (κ3) is 7.55. The van der Waals surface area contributed by atoms with Gasteiger partial charge in [-0.05, 0) is 37.5 Å². The van der Waals surface area contributed by atoms with Crippen LogP contribution < -0.4 is 15.8 Å². The molecule has 0 saturated carbocycles. The fourth-order valence-electron chi connectivity index (χ4n) is 3.11. The predicted molar refractivity (Wildman–Crippen MR) is 119 cm³/mol. The van der Waals surface area contributed by atoms with Crippen molar-refractivity contribution < 1.29 is 18.0 Å². The van der Waals surface area contributed by atoms with Crippen LogP contribution in [-0.4, -0.2) is 86.8 Å². The minimum Gasteiger partial charge on any atom is -0.368 e. The average Bonchev–Trinajstić information content (AvgIpc) is 2.71. The van der Waals surface area contributed by atoms with Gasteiger partial charge in [0.05, 0.1) is 0 Å². The smallest absolute Gasteiger partial charge is 0.280 e. The molecular weight excluding hydrogens is 426 g/mol. The molecule has 2 atom stereocenters. The third-order valence-electron chi connectivity index (χ3n) is 4.96. The number of carbonyl (C=O) groups is 2. The Balaban J connectivity index is 2.16. The first-order chi connectivity index (χ1) is 14.2. The summed E-state index contributed by atoms with van der Waals surface area (Å²) in [7, 11) is -1.94. The molecule has 1 heterocycles. The molecular formula is C19H31N5O4S2. The van der Waals surface area contributed by atoms with E-state index in [1.807, 2.05) is 48.5 Å². The summed E-state index contributed by atoms with van der Waals surface area (Å²) in [4.78, 5) is 26.7. The van der Waals surface area contributed by atoms with E-state index in [0.29, 0.717) is 38.4 Å². The van der Waals surface area contributed by atoms with E-state index in [1.165, 1.54) is 16.1 Å². The Morgan fingerprint density at radius 3 is 2.33 bits per heavy atom. The molecule has 168 valence electrons. The number of nitrogens with zero attached hydrogens (tertiary/aromatic N) is 2. The average molecular weight is 458 g/mol. The van der Waals surface area contributed by atoms with Gasteiger partial charge in [0.1, 0.15) is 12.1 Å². The lowest BCUT2D eigenvalue weighted by Crippen LogP contribution is -2.58. The summed E-state index contributed by atoms with van der Waals surface area (Å²) in [6, 6.07) is 7.23. The van der Waals surface area contributed by atoms with E-state index >= 15 is 0 Å². The van der Waals surface area contributed by atoms with Crippen LogP contribution in [0.2, 0.25) is 0 Å². The van der Waals surface area contributed by atoms with Gasteiger partial charge in [-0.3, -0.25) is 9.59 Å². The molecule has 11 heteroatoms. The summed E-state index contributed by atoms with van der Waals surface area (Å²) in [6.45, 7) is 1.94. The number of amides is 2. The van der Waals surface area contributed by atoms with Crippen LogP contribution in [0.25, 0.3) is 0 Å². The highest BCUT2D eigenvalue weighted by Crippen LogP contribution is 2.10. The predicted octanol–water partition coefficient (Wildman–Crippen LogP) is -0.597. The molecule has 1 aromatic rings. The second kappa shape index (κ2) is 11.7. The van der Waals surface area contributed by atoms with Crippen molar-refractivity contribution in [1.29, 1.82) is 0 Å². The van der Waals surface area contributed by atoms with Gasteiger partial charge in [-0.2, -0.15) is 29.2 Å². The lowest BCUT2D eigenvalue weighted by Gasteiger charge is -2.32. The molecule has 2 rings (SSSR count). The van der Waals surface area contributed by atoms with Gasteiger partial charge >= 0.3 is 0 Å². The van der Waals surface area contributed by atoms with Gasteiger partial charge in [-0.15, -0.1) is 0 Å². The number of carbonyl (C=O) groups excluding carboxylic acids is 2. The standard InChI is InChI=1S/C19H31N5O4S2/c1-23-9-11-24(12-10-23)30(27,28)22-17(14-15-6-4-3-5-7-15)19(26)21-16(18(20)25)8-13-29-2/h3-7,16-17,22H,8-14H2,1-2H3,(H2,20,25)(H,21,26)/t16-,17-/m0/s1. The van der Waals surface area contributed by atoms with Crippen LogP contribution in [0.15, 0.2) is 30.3 Å². The number of likely N-dealkylation sites (N-methyl/N-ethyl adjacent to an activating group) is 1. The maximum Gasteiger partial charge on any atom is 0.280 e.